The van der Waals surface area contributed by atoms with Gasteiger partial charge in [-0.3, -0.25) is 4.79 Å². The van der Waals surface area contributed by atoms with Gasteiger partial charge in [-0.25, -0.2) is 9.59 Å². The van der Waals surface area contributed by atoms with Crippen LogP contribution in [0.25, 0.3) is 0 Å². The third kappa shape index (κ3) is 3.34. The topological polar surface area (TPSA) is 69.7 Å². The lowest BCUT2D eigenvalue weighted by Gasteiger charge is -2.68. The number of rotatable bonds is 5. The molecule has 0 aliphatic heterocycles. The lowest BCUT2D eigenvalue weighted by Crippen LogP contribution is -2.71. The zero-order chi connectivity index (χ0) is 22.4. The van der Waals surface area contributed by atoms with E-state index in [2.05, 4.69) is 20.8 Å². The summed E-state index contributed by atoms with van der Waals surface area (Å²) in [6, 6.07) is 0. The molecule has 4 unspecified atom stereocenters. The summed E-state index contributed by atoms with van der Waals surface area (Å²) in [6.45, 7) is 13.9. The molecule has 0 aromatic heterocycles. The fourth-order valence-electron chi connectivity index (χ4n) is 6.50. The van der Waals surface area contributed by atoms with E-state index in [4.69, 9.17) is 9.47 Å². The average Bonchev–Trinajstić information content (AvgIpc) is 2.86. The number of allylic oxidation sites excluding steroid dienone is 2. The van der Waals surface area contributed by atoms with Crippen LogP contribution in [0.15, 0.2) is 23.3 Å². The van der Waals surface area contributed by atoms with E-state index in [0.29, 0.717) is 30.6 Å². The number of carbonyl (C=O) groups is 3. The first-order valence-electron chi connectivity index (χ1n) is 11.2. The Balaban J connectivity index is 1.92. The minimum atomic E-state index is -0.343. The molecule has 30 heavy (non-hydrogen) atoms. The van der Waals surface area contributed by atoms with Crippen LogP contribution in [0, 0.1) is 34.5 Å². The molecule has 0 aromatic rings. The largest absolute Gasteiger partial charge is 0.462 e. The van der Waals surface area contributed by atoms with Crippen LogP contribution in [-0.4, -0.2) is 30.4 Å². The van der Waals surface area contributed by atoms with Gasteiger partial charge in [0.25, 0.3) is 0 Å². The number of hydrogen-bond acceptors (Lipinski definition) is 5. The van der Waals surface area contributed by atoms with E-state index >= 15 is 0 Å². The molecule has 0 amide bonds. The van der Waals surface area contributed by atoms with E-state index in [1.807, 2.05) is 13.8 Å². The van der Waals surface area contributed by atoms with Gasteiger partial charge in [-0.05, 0) is 58.3 Å². The summed E-state index contributed by atoms with van der Waals surface area (Å²) in [6.07, 6.45) is 5.23. The molecule has 3 saturated carbocycles. The van der Waals surface area contributed by atoms with Gasteiger partial charge in [-0.1, -0.05) is 32.9 Å². The number of ketones is 1. The SMILES string of the molecule is C/C=C(/C)C(=O)O[C@@H]1CC[C@](C)(COC(=O)/C(C)=C/C)C2C3C(=O)C[C@@H](C)C2C31C. The van der Waals surface area contributed by atoms with Crippen LogP contribution in [0.1, 0.15) is 67.7 Å². The van der Waals surface area contributed by atoms with Crippen LogP contribution in [-0.2, 0) is 23.9 Å². The van der Waals surface area contributed by atoms with E-state index < -0.39 is 0 Å². The Morgan fingerprint density at radius 2 is 1.67 bits per heavy atom. The van der Waals surface area contributed by atoms with Gasteiger partial charge in [0, 0.05) is 34.3 Å². The third-order valence-corrected chi connectivity index (χ3v) is 8.39. The standard InChI is InChI=1S/C25H36O5/c1-8-14(3)22(27)29-13-24(6)11-10-18(30-23(28)15(4)9-2)25(7)19-16(5)12-17(26)20(25)21(19)24/h8-9,16,18-21H,10-13H2,1-7H3/b14-8+,15-9-/t16-,18-,19?,20?,21?,24-,25?/m1/s1. The highest BCUT2D eigenvalue weighted by Gasteiger charge is 2.74. The maximum Gasteiger partial charge on any atom is 0.333 e. The lowest BCUT2D eigenvalue weighted by molar-refractivity contribution is -0.239. The Kier molecular flexibility index (Phi) is 6.05. The van der Waals surface area contributed by atoms with Gasteiger partial charge in [0.05, 0.1) is 6.61 Å². The minimum Gasteiger partial charge on any atom is -0.462 e. The fraction of sp³-hybridized carbons (Fsp3) is 0.720. The molecule has 0 heterocycles. The van der Waals surface area contributed by atoms with E-state index in [0.717, 1.165) is 6.42 Å². The summed E-state index contributed by atoms with van der Waals surface area (Å²) in [5, 5.41) is 0. The van der Waals surface area contributed by atoms with E-state index in [1.54, 1.807) is 26.0 Å². The maximum absolute atomic E-state index is 13.1. The van der Waals surface area contributed by atoms with Crippen molar-refractivity contribution in [1.82, 2.24) is 0 Å². The first-order chi connectivity index (χ1) is 14.0. The number of fused-ring (bicyclic) bond motifs is 1. The second-order valence-corrected chi connectivity index (χ2v) is 10.1. The Morgan fingerprint density at radius 3 is 2.23 bits per heavy atom. The highest BCUT2D eigenvalue weighted by atomic mass is 16.5. The van der Waals surface area contributed by atoms with Crippen molar-refractivity contribution in [2.75, 3.05) is 6.61 Å². The Bertz CT molecular complexity index is 808. The Hall–Kier alpha value is -1.91. The number of esters is 2. The number of ether oxygens (including phenoxy) is 2. The molecule has 0 N–H and O–H groups in total. The molecule has 7 atom stereocenters. The molecule has 3 aliphatic carbocycles. The van der Waals surface area contributed by atoms with E-state index in [9.17, 15) is 14.4 Å². The van der Waals surface area contributed by atoms with Crippen molar-refractivity contribution >= 4 is 17.7 Å². The van der Waals surface area contributed by atoms with Crippen LogP contribution < -0.4 is 0 Å². The van der Waals surface area contributed by atoms with Crippen LogP contribution in [0.3, 0.4) is 0 Å². The van der Waals surface area contributed by atoms with Crippen LogP contribution in [0.2, 0.25) is 0 Å². The molecule has 5 nitrogen and oxygen atoms in total. The summed E-state index contributed by atoms with van der Waals surface area (Å²) >= 11 is 0. The predicted molar refractivity (Wildman–Crippen MR) is 114 cm³/mol. The average molecular weight is 417 g/mol. The maximum atomic E-state index is 13.1. The molecular formula is C25H36O5. The molecule has 3 fully saturated rings. The summed E-state index contributed by atoms with van der Waals surface area (Å²) < 4.78 is 11.7. The normalized spacial score (nSPS) is 40.9. The van der Waals surface area contributed by atoms with E-state index in [1.165, 1.54) is 0 Å². The van der Waals surface area contributed by atoms with Crippen molar-refractivity contribution in [3.05, 3.63) is 23.3 Å². The molecule has 3 rings (SSSR count). The zero-order valence-electron chi connectivity index (χ0n) is 19.4. The zero-order valence-corrected chi connectivity index (χ0v) is 19.4. The third-order valence-electron chi connectivity index (χ3n) is 8.39. The smallest absolute Gasteiger partial charge is 0.333 e. The van der Waals surface area contributed by atoms with Crippen LogP contribution in [0.5, 0.6) is 0 Å². The molecular weight excluding hydrogens is 380 g/mol. The summed E-state index contributed by atoms with van der Waals surface area (Å²) in [4.78, 5) is 38.0. The Morgan fingerprint density at radius 1 is 1.07 bits per heavy atom. The highest BCUT2D eigenvalue weighted by molar-refractivity contribution is 5.89. The molecule has 166 valence electrons. The highest BCUT2D eigenvalue weighted by Crippen LogP contribution is 2.73. The van der Waals surface area contributed by atoms with Crippen LogP contribution >= 0.6 is 0 Å². The Labute approximate surface area is 180 Å². The first kappa shape index (κ1) is 22.8. The van der Waals surface area contributed by atoms with Crippen molar-refractivity contribution in [1.29, 1.82) is 0 Å². The second-order valence-electron chi connectivity index (χ2n) is 10.1. The van der Waals surface area contributed by atoms with Crippen molar-refractivity contribution in [3.8, 4) is 0 Å². The minimum absolute atomic E-state index is 0.142. The molecule has 0 saturated heterocycles. The molecule has 5 heteroatoms. The number of hydrogen-bond donors (Lipinski definition) is 0. The summed E-state index contributed by atoms with van der Waals surface area (Å²) in [5.41, 5.74) is 0.523. The number of carbonyl (C=O) groups excluding carboxylic acids is 3. The monoisotopic (exact) mass is 416 g/mol. The van der Waals surface area contributed by atoms with Gasteiger partial charge in [0.15, 0.2) is 0 Å². The molecule has 0 radical (unpaired) electrons. The van der Waals surface area contributed by atoms with Crippen molar-refractivity contribution in [2.24, 2.45) is 34.5 Å². The number of Topliss-reactive ketones (excluding diaryl/α,β-unsaturated/α-hetero) is 1. The summed E-state index contributed by atoms with van der Waals surface area (Å²) in [5.74, 6) is 0.181. The van der Waals surface area contributed by atoms with Gasteiger partial charge in [0.1, 0.15) is 11.9 Å². The van der Waals surface area contributed by atoms with Crippen molar-refractivity contribution in [2.45, 2.75) is 73.8 Å². The van der Waals surface area contributed by atoms with Crippen LogP contribution in [0.4, 0.5) is 0 Å². The van der Waals surface area contributed by atoms with Gasteiger partial charge in [0.2, 0.25) is 0 Å². The summed E-state index contributed by atoms with van der Waals surface area (Å²) in [7, 11) is 0. The molecule has 4 bridgehead atoms. The lowest BCUT2D eigenvalue weighted by atomic mass is 9.35. The quantitative estimate of drug-likeness (QED) is 0.482. The van der Waals surface area contributed by atoms with Crippen molar-refractivity contribution < 1.29 is 23.9 Å². The van der Waals surface area contributed by atoms with Gasteiger partial charge in [-0.2, -0.15) is 0 Å². The molecule has 0 spiro atoms. The van der Waals surface area contributed by atoms with Crippen molar-refractivity contribution in [3.63, 3.8) is 0 Å². The van der Waals surface area contributed by atoms with Gasteiger partial charge in [-0.15, -0.1) is 0 Å². The molecule has 0 aromatic carbocycles. The first-order valence-corrected chi connectivity index (χ1v) is 11.2. The van der Waals surface area contributed by atoms with E-state index in [-0.39, 0.29) is 58.3 Å². The molecule has 3 aliphatic rings. The predicted octanol–water partition coefficient (Wildman–Crippen LogP) is 4.65. The van der Waals surface area contributed by atoms with Gasteiger partial charge < -0.3 is 9.47 Å². The second kappa shape index (κ2) is 7.97. The fourth-order valence-corrected chi connectivity index (χ4v) is 6.50. The van der Waals surface area contributed by atoms with Gasteiger partial charge >= 0.3 is 11.9 Å².